The normalized spacial score (nSPS) is 15.2. The minimum absolute atomic E-state index is 0.0569. The Balaban J connectivity index is 2.16. The minimum Gasteiger partial charge on any atom is -0.335 e. The molecule has 2 rings (SSSR count). The fourth-order valence-corrected chi connectivity index (χ4v) is 1.73. The summed E-state index contributed by atoms with van der Waals surface area (Å²) in [7, 11) is 0. The molecule has 0 spiro atoms. The predicted octanol–water partition coefficient (Wildman–Crippen LogP) is 0.942. The zero-order valence-corrected chi connectivity index (χ0v) is 9.10. The number of nitrogens with zero attached hydrogens (tertiary/aromatic N) is 2. The lowest BCUT2D eigenvalue weighted by atomic mass is 10.1. The first kappa shape index (κ1) is 10.8. The second kappa shape index (κ2) is 4.90. The average molecular weight is 217 g/mol. The highest BCUT2D eigenvalue weighted by Crippen LogP contribution is 2.09. The topological polar surface area (TPSA) is 59.2 Å². The maximum atomic E-state index is 12.1. The van der Waals surface area contributed by atoms with Gasteiger partial charge in [-0.15, -0.1) is 0 Å². The molecule has 2 heterocycles. The van der Waals surface area contributed by atoms with E-state index in [1.807, 2.05) is 11.0 Å². The third kappa shape index (κ3) is 2.28. The lowest BCUT2D eigenvalue weighted by molar-refractivity contribution is 0.0771. The summed E-state index contributed by atoms with van der Waals surface area (Å²) in [5.41, 5.74) is 6.92. The summed E-state index contributed by atoms with van der Waals surface area (Å²) in [4.78, 5) is 18.0. The van der Waals surface area contributed by atoms with Crippen LogP contribution in [0.3, 0.4) is 0 Å². The van der Waals surface area contributed by atoms with Crippen LogP contribution in [0.25, 0.3) is 0 Å². The molecule has 1 aliphatic heterocycles. The highest BCUT2D eigenvalue weighted by Gasteiger charge is 2.15. The van der Waals surface area contributed by atoms with E-state index in [2.05, 4.69) is 11.1 Å². The first-order chi connectivity index (χ1) is 7.81. The Kier molecular flexibility index (Phi) is 3.31. The van der Waals surface area contributed by atoms with Crippen LogP contribution in [0.2, 0.25) is 0 Å². The zero-order chi connectivity index (χ0) is 11.4. The Morgan fingerprint density at radius 3 is 3.06 bits per heavy atom. The minimum atomic E-state index is 0.0569. The van der Waals surface area contributed by atoms with Crippen molar-refractivity contribution in [2.45, 2.75) is 13.0 Å². The smallest absolute Gasteiger partial charge is 0.254 e. The van der Waals surface area contributed by atoms with Crippen molar-refractivity contribution in [1.29, 1.82) is 0 Å². The van der Waals surface area contributed by atoms with E-state index in [0.717, 1.165) is 18.7 Å². The first-order valence-electron chi connectivity index (χ1n) is 5.40. The Morgan fingerprint density at radius 2 is 2.38 bits per heavy atom. The summed E-state index contributed by atoms with van der Waals surface area (Å²) < 4.78 is 0. The molecule has 0 atom stereocenters. The van der Waals surface area contributed by atoms with Crippen LogP contribution >= 0.6 is 0 Å². The van der Waals surface area contributed by atoms with Crippen LogP contribution < -0.4 is 5.73 Å². The molecule has 4 nitrogen and oxygen atoms in total. The molecule has 0 radical (unpaired) electrons. The van der Waals surface area contributed by atoms with Gasteiger partial charge in [0, 0.05) is 31.4 Å². The van der Waals surface area contributed by atoms with Crippen molar-refractivity contribution >= 4 is 5.91 Å². The Bertz CT molecular complexity index is 414. The van der Waals surface area contributed by atoms with Crippen LogP contribution in [-0.2, 0) is 6.54 Å². The second-order valence-electron chi connectivity index (χ2n) is 3.75. The van der Waals surface area contributed by atoms with Gasteiger partial charge < -0.3 is 10.6 Å². The monoisotopic (exact) mass is 217 g/mol. The Morgan fingerprint density at radius 1 is 1.50 bits per heavy atom. The number of carbonyl (C=O) groups is 1. The van der Waals surface area contributed by atoms with E-state index in [0.29, 0.717) is 18.7 Å². The molecule has 0 unspecified atom stereocenters. The fourth-order valence-electron chi connectivity index (χ4n) is 1.73. The summed E-state index contributed by atoms with van der Waals surface area (Å²) in [6.07, 6.45) is 6.68. The maximum Gasteiger partial charge on any atom is 0.254 e. The quantitative estimate of drug-likeness (QED) is 0.750. The molecular formula is C12H15N3O. The zero-order valence-electron chi connectivity index (χ0n) is 9.10. The molecular weight excluding hydrogens is 202 g/mol. The number of aromatic nitrogens is 1. The van der Waals surface area contributed by atoms with Gasteiger partial charge in [-0.05, 0) is 18.6 Å². The average Bonchev–Trinajstić information content (AvgIpc) is 2.39. The number of hydrogen-bond donors (Lipinski definition) is 1. The van der Waals surface area contributed by atoms with E-state index < -0.39 is 0 Å². The van der Waals surface area contributed by atoms with Crippen molar-refractivity contribution in [1.82, 2.24) is 9.88 Å². The SMILES string of the molecule is NCc1cc(C(=O)N2CC=CCC2)ccn1. The molecule has 4 heteroatoms. The molecule has 0 aliphatic carbocycles. The maximum absolute atomic E-state index is 12.1. The number of pyridine rings is 1. The van der Waals surface area contributed by atoms with Gasteiger partial charge in [0.1, 0.15) is 0 Å². The third-order valence-electron chi connectivity index (χ3n) is 2.62. The van der Waals surface area contributed by atoms with Crippen molar-refractivity contribution in [3.63, 3.8) is 0 Å². The number of carbonyl (C=O) groups excluding carboxylic acids is 1. The molecule has 84 valence electrons. The molecule has 2 N–H and O–H groups in total. The lowest BCUT2D eigenvalue weighted by Crippen LogP contribution is -2.33. The highest BCUT2D eigenvalue weighted by molar-refractivity contribution is 5.94. The molecule has 0 saturated heterocycles. The first-order valence-corrected chi connectivity index (χ1v) is 5.40. The van der Waals surface area contributed by atoms with Crippen LogP contribution in [0.5, 0.6) is 0 Å². The molecule has 1 aliphatic rings. The van der Waals surface area contributed by atoms with E-state index in [1.54, 1.807) is 18.3 Å². The number of rotatable bonds is 2. The van der Waals surface area contributed by atoms with Crippen molar-refractivity contribution in [2.75, 3.05) is 13.1 Å². The van der Waals surface area contributed by atoms with Gasteiger partial charge in [0.25, 0.3) is 5.91 Å². The highest BCUT2D eigenvalue weighted by atomic mass is 16.2. The molecule has 16 heavy (non-hydrogen) atoms. The van der Waals surface area contributed by atoms with Gasteiger partial charge in [-0.2, -0.15) is 0 Å². The molecule has 0 bridgehead atoms. The van der Waals surface area contributed by atoms with E-state index in [4.69, 9.17) is 5.73 Å². The van der Waals surface area contributed by atoms with Crippen LogP contribution in [0.1, 0.15) is 22.5 Å². The summed E-state index contributed by atoms with van der Waals surface area (Å²) in [5.74, 6) is 0.0569. The summed E-state index contributed by atoms with van der Waals surface area (Å²) >= 11 is 0. The van der Waals surface area contributed by atoms with Gasteiger partial charge in [-0.25, -0.2) is 0 Å². The second-order valence-corrected chi connectivity index (χ2v) is 3.75. The summed E-state index contributed by atoms with van der Waals surface area (Å²) in [6, 6.07) is 3.50. The Hall–Kier alpha value is -1.68. The lowest BCUT2D eigenvalue weighted by Gasteiger charge is -2.23. The largest absolute Gasteiger partial charge is 0.335 e. The molecule has 0 aromatic carbocycles. The standard InChI is InChI=1S/C12H15N3O/c13-9-11-8-10(4-5-14-11)12(16)15-6-2-1-3-7-15/h1-2,4-5,8H,3,6-7,9,13H2. The van der Waals surface area contributed by atoms with Crippen LogP contribution in [0, 0.1) is 0 Å². The fraction of sp³-hybridized carbons (Fsp3) is 0.333. The van der Waals surface area contributed by atoms with Crippen molar-refractivity contribution in [3.05, 3.63) is 41.7 Å². The van der Waals surface area contributed by atoms with Gasteiger partial charge in [0.05, 0.1) is 5.69 Å². The summed E-state index contributed by atoms with van der Waals surface area (Å²) in [6.45, 7) is 1.84. The summed E-state index contributed by atoms with van der Waals surface area (Å²) in [5, 5.41) is 0. The van der Waals surface area contributed by atoms with E-state index in [9.17, 15) is 4.79 Å². The Labute approximate surface area is 94.8 Å². The third-order valence-corrected chi connectivity index (χ3v) is 2.62. The number of amides is 1. The number of nitrogens with two attached hydrogens (primary N) is 1. The molecule has 0 fully saturated rings. The van der Waals surface area contributed by atoms with E-state index in [-0.39, 0.29) is 5.91 Å². The molecule has 1 aromatic heterocycles. The van der Waals surface area contributed by atoms with Crippen molar-refractivity contribution in [3.8, 4) is 0 Å². The predicted molar refractivity (Wildman–Crippen MR) is 61.8 cm³/mol. The van der Waals surface area contributed by atoms with Crippen LogP contribution in [0.15, 0.2) is 30.5 Å². The van der Waals surface area contributed by atoms with Gasteiger partial charge >= 0.3 is 0 Å². The van der Waals surface area contributed by atoms with Crippen LogP contribution in [-0.4, -0.2) is 28.9 Å². The van der Waals surface area contributed by atoms with E-state index in [1.165, 1.54) is 0 Å². The van der Waals surface area contributed by atoms with Gasteiger partial charge in [0.15, 0.2) is 0 Å². The van der Waals surface area contributed by atoms with E-state index >= 15 is 0 Å². The molecule has 0 saturated carbocycles. The number of hydrogen-bond acceptors (Lipinski definition) is 3. The molecule has 1 aromatic rings. The van der Waals surface area contributed by atoms with Crippen molar-refractivity contribution in [2.24, 2.45) is 5.73 Å². The molecule has 1 amide bonds. The van der Waals surface area contributed by atoms with Gasteiger partial charge in [-0.1, -0.05) is 12.2 Å². The van der Waals surface area contributed by atoms with Crippen molar-refractivity contribution < 1.29 is 4.79 Å². The van der Waals surface area contributed by atoms with Gasteiger partial charge in [-0.3, -0.25) is 9.78 Å². The van der Waals surface area contributed by atoms with Crippen LogP contribution in [0.4, 0.5) is 0 Å². The van der Waals surface area contributed by atoms with Gasteiger partial charge in [0.2, 0.25) is 0 Å².